The van der Waals surface area contributed by atoms with Crippen molar-refractivity contribution in [3.63, 3.8) is 0 Å². The molecule has 4 nitrogen and oxygen atoms in total. The number of hydrogen-bond acceptors (Lipinski definition) is 3. The van der Waals surface area contributed by atoms with Gasteiger partial charge in [0, 0.05) is 18.3 Å². The molecule has 1 atom stereocenters. The van der Waals surface area contributed by atoms with Gasteiger partial charge in [0.1, 0.15) is 0 Å². The van der Waals surface area contributed by atoms with Crippen LogP contribution < -0.4 is 5.14 Å². The van der Waals surface area contributed by atoms with Gasteiger partial charge in [-0.05, 0) is 6.42 Å². The van der Waals surface area contributed by atoms with E-state index in [0.717, 1.165) is 6.42 Å². The molecule has 0 aromatic heterocycles. The molecule has 0 aromatic carbocycles. The summed E-state index contributed by atoms with van der Waals surface area (Å²) >= 11 is 4.12. The van der Waals surface area contributed by atoms with E-state index in [-0.39, 0.29) is 5.25 Å². The maximum absolute atomic E-state index is 10.6. The van der Waals surface area contributed by atoms with Crippen LogP contribution in [0.3, 0.4) is 0 Å². The lowest BCUT2D eigenvalue weighted by Gasteiger charge is -2.09. The summed E-state index contributed by atoms with van der Waals surface area (Å²) in [6.07, 6.45) is 0.791. The van der Waals surface area contributed by atoms with Crippen LogP contribution in [-0.2, 0) is 10.2 Å². The average Bonchev–Trinajstić information content (AvgIpc) is 2.11. The Morgan fingerprint density at radius 1 is 1.60 bits per heavy atom. The van der Waals surface area contributed by atoms with Gasteiger partial charge in [-0.2, -0.15) is 25.4 Å². The zero-order chi connectivity index (χ0) is 7.78. The number of rotatable bonds is 1. The highest BCUT2D eigenvalue weighted by atomic mass is 32.2. The molecule has 1 saturated heterocycles. The molecule has 1 fully saturated rings. The van der Waals surface area contributed by atoms with Gasteiger partial charge in [0.05, 0.1) is 0 Å². The second kappa shape index (κ2) is 2.69. The minimum Gasteiger partial charge on any atom is -0.216 e. The predicted molar refractivity (Wildman–Crippen MR) is 42.1 cm³/mol. The fourth-order valence-electron chi connectivity index (χ4n) is 0.942. The number of thiol groups is 1. The molecule has 0 amide bonds. The van der Waals surface area contributed by atoms with Gasteiger partial charge < -0.3 is 0 Å². The van der Waals surface area contributed by atoms with E-state index in [1.165, 1.54) is 4.31 Å². The predicted octanol–water partition coefficient (Wildman–Crippen LogP) is -0.806. The molecule has 2 N–H and O–H groups in total. The second-order valence-corrected chi connectivity index (χ2v) is 4.62. The van der Waals surface area contributed by atoms with Crippen molar-refractivity contribution in [1.82, 2.24) is 4.31 Å². The molecule has 1 aliphatic rings. The number of nitrogens with zero attached hydrogens (tertiary/aromatic N) is 1. The van der Waals surface area contributed by atoms with Gasteiger partial charge in [0.2, 0.25) is 0 Å². The number of hydrogen-bond donors (Lipinski definition) is 2. The summed E-state index contributed by atoms with van der Waals surface area (Å²) in [7, 11) is -3.45. The molecule has 0 saturated carbocycles. The van der Waals surface area contributed by atoms with Crippen molar-refractivity contribution in [2.45, 2.75) is 11.7 Å². The third kappa shape index (κ3) is 1.85. The van der Waals surface area contributed by atoms with Gasteiger partial charge in [-0.1, -0.05) is 0 Å². The maximum Gasteiger partial charge on any atom is 0.276 e. The zero-order valence-corrected chi connectivity index (χ0v) is 7.11. The van der Waals surface area contributed by atoms with Gasteiger partial charge in [-0.15, -0.1) is 0 Å². The normalized spacial score (nSPS) is 29.2. The molecule has 1 aliphatic heterocycles. The molecule has 0 unspecified atom stereocenters. The first-order chi connectivity index (χ1) is 4.50. The summed E-state index contributed by atoms with van der Waals surface area (Å²) in [6, 6.07) is 0. The van der Waals surface area contributed by atoms with Crippen LogP contribution in [0.2, 0.25) is 0 Å². The Balaban J connectivity index is 2.62. The minimum absolute atomic E-state index is 0.151. The van der Waals surface area contributed by atoms with Crippen LogP contribution in [0.15, 0.2) is 0 Å². The monoisotopic (exact) mass is 182 g/mol. The Morgan fingerprint density at radius 2 is 2.20 bits per heavy atom. The van der Waals surface area contributed by atoms with E-state index < -0.39 is 10.2 Å². The van der Waals surface area contributed by atoms with Crippen LogP contribution in [0, 0.1) is 0 Å². The Labute approximate surface area is 66.0 Å². The van der Waals surface area contributed by atoms with E-state index in [4.69, 9.17) is 5.14 Å². The summed E-state index contributed by atoms with van der Waals surface area (Å²) in [5.74, 6) is 0. The molecule has 0 spiro atoms. The van der Waals surface area contributed by atoms with Crippen molar-refractivity contribution in [1.29, 1.82) is 0 Å². The Bertz CT molecular complexity index is 213. The molecule has 0 bridgehead atoms. The van der Waals surface area contributed by atoms with Crippen molar-refractivity contribution in [3.8, 4) is 0 Å². The smallest absolute Gasteiger partial charge is 0.216 e. The van der Waals surface area contributed by atoms with E-state index in [0.29, 0.717) is 13.1 Å². The first-order valence-corrected chi connectivity index (χ1v) is 4.98. The lowest BCUT2D eigenvalue weighted by molar-refractivity contribution is 0.479. The molecule has 1 rings (SSSR count). The highest BCUT2D eigenvalue weighted by Crippen LogP contribution is 2.15. The zero-order valence-electron chi connectivity index (χ0n) is 5.40. The largest absolute Gasteiger partial charge is 0.276 e. The molecule has 0 aromatic rings. The van der Waals surface area contributed by atoms with Crippen molar-refractivity contribution < 1.29 is 8.42 Å². The van der Waals surface area contributed by atoms with Crippen LogP contribution in [0.5, 0.6) is 0 Å². The topological polar surface area (TPSA) is 63.4 Å². The molecule has 60 valence electrons. The minimum atomic E-state index is -3.45. The Morgan fingerprint density at radius 3 is 2.40 bits per heavy atom. The van der Waals surface area contributed by atoms with Crippen LogP contribution in [-0.4, -0.2) is 31.1 Å². The van der Waals surface area contributed by atoms with Crippen molar-refractivity contribution >= 4 is 22.8 Å². The molecule has 0 aliphatic carbocycles. The van der Waals surface area contributed by atoms with E-state index in [9.17, 15) is 8.42 Å². The van der Waals surface area contributed by atoms with Gasteiger partial charge in [0.15, 0.2) is 0 Å². The third-order valence-electron chi connectivity index (χ3n) is 1.49. The van der Waals surface area contributed by atoms with Gasteiger partial charge >= 0.3 is 0 Å². The first kappa shape index (κ1) is 8.32. The lowest BCUT2D eigenvalue weighted by atomic mass is 10.4. The van der Waals surface area contributed by atoms with E-state index in [2.05, 4.69) is 12.6 Å². The highest BCUT2D eigenvalue weighted by Gasteiger charge is 2.26. The molecular weight excluding hydrogens is 172 g/mol. The maximum atomic E-state index is 10.6. The summed E-state index contributed by atoms with van der Waals surface area (Å²) < 4.78 is 22.5. The van der Waals surface area contributed by atoms with Gasteiger partial charge in [-0.3, -0.25) is 0 Å². The van der Waals surface area contributed by atoms with Crippen LogP contribution >= 0.6 is 12.6 Å². The SMILES string of the molecule is NS(=O)(=O)N1CC[C@H](S)C1. The molecule has 10 heavy (non-hydrogen) atoms. The quantitative estimate of drug-likeness (QED) is 0.521. The van der Waals surface area contributed by atoms with Crippen LogP contribution in [0.4, 0.5) is 0 Å². The molecule has 0 radical (unpaired) electrons. The summed E-state index contributed by atoms with van der Waals surface area (Å²) in [5, 5.41) is 5.02. The Hall–Kier alpha value is 0.220. The van der Waals surface area contributed by atoms with Gasteiger partial charge in [-0.25, -0.2) is 5.14 Å². The van der Waals surface area contributed by atoms with Crippen LogP contribution in [0.25, 0.3) is 0 Å². The van der Waals surface area contributed by atoms with Crippen molar-refractivity contribution in [2.24, 2.45) is 5.14 Å². The second-order valence-electron chi connectivity index (χ2n) is 2.35. The van der Waals surface area contributed by atoms with Gasteiger partial charge in [0.25, 0.3) is 10.2 Å². The highest BCUT2D eigenvalue weighted by molar-refractivity contribution is 7.87. The third-order valence-corrected chi connectivity index (χ3v) is 2.96. The van der Waals surface area contributed by atoms with Crippen molar-refractivity contribution in [2.75, 3.05) is 13.1 Å². The standard InChI is InChI=1S/C4H10N2O2S2/c5-10(7,8)6-2-1-4(9)3-6/h4,9H,1-3H2,(H2,5,7,8)/t4-/m0/s1. The first-order valence-electron chi connectivity index (χ1n) is 2.96. The lowest BCUT2D eigenvalue weighted by Crippen LogP contribution is -2.34. The summed E-state index contributed by atoms with van der Waals surface area (Å²) in [4.78, 5) is 0. The van der Waals surface area contributed by atoms with E-state index in [1.54, 1.807) is 0 Å². The van der Waals surface area contributed by atoms with Crippen molar-refractivity contribution in [3.05, 3.63) is 0 Å². The van der Waals surface area contributed by atoms with E-state index in [1.807, 2.05) is 0 Å². The summed E-state index contributed by atoms with van der Waals surface area (Å²) in [5.41, 5.74) is 0. The molecule has 6 heteroatoms. The number of nitrogens with two attached hydrogens (primary N) is 1. The average molecular weight is 182 g/mol. The molecule has 1 heterocycles. The Kier molecular flexibility index (Phi) is 2.24. The molecular formula is C4H10N2O2S2. The fraction of sp³-hybridized carbons (Fsp3) is 1.00. The fourth-order valence-corrected chi connectivity index (χ4v) is 2.11. The van der Waals surface area contributed by atoms with E-state index >= 15 is 0 Å². The summed E-state index contributed by atoms with van der Waals surface area (Å²) in [6.45, 7) is 0.953. The van der Waals surface area contributed by atoms with Crippen LogP contribution in [0.1, 0.15) is 6.42 Å².